The summed E-state index contributed by atoms with van der Waals surface area (Å²) in [7, 11) is 0. The summed E-state index contributed by atoms with van der Waals surface area (Å²) in [6, 6.07) is 14.9. The molecule has 1 saturated heterocycles. The van der Waals surface area contributed by atoms with Crippen LogP contribution in [0.5, 0.6) is 0 Å². The van der Waals surface area contributed by atoms with Crippen molar-refractivity contribution in [2.45, 2.75) is 50.7 Å². The minimum atomic E-state index is -0.449. The van der Waals surface area contributed by atoms with Crippen LogP contribution in [-0.4, -0.2) is 41.4 Å². The summed E-state index contributed by atoms with van der Waals surface area (Å²) in [6.07, 6.45) is 2.20. The van der Waals surface area contributed by atoms with Crippen LogP contribution in [-0.2, 0) is 11.2 Å². The molecule has 154 valence electrons. The third kappa shape index (κ3) is 5.41. The van der Waals surface area contributed by atoms with Crippen molar-refractivity contribution >= 4 is 11.8 Å². The number of nitrogens with two attached hydrogens (primary N) is 1. The molecule has 3 atom stereocenters. The molecule has 2 aromatic carbocycles. The molecule has 2 amide bonds. The quantitative estimate of drug-likeness (QED) is 0.754. The van der Waals surface area contributed by atoms with Crippen molar-refractivity contribution in [1.29, 1.82) is 0 Å². The van der Waals surface area contributed by atoms with Crippen molar-refractivity contribution < 1.29 is 14.0 Å². The van der Waals surface area contributed by atoms with Crippen LogP contribution in [0.25, 0.3) is 0 Å². The molecule has 0 saturated carbocycles. The molecule has 5 nitrogen and oxygen atoms in total. The van der Waals surface area contributed by atoms with Crippen molar-refractivity contribution in [2.24, 2.45) is 5.73 Å². The van der Waals surface area contributed by atoms with E-state index in [-0.39, 0.29) is 36.1 Å². The lowest BCUT2D eigenvalue weighted by Crippen LogP contribution is -2.50. The highest BCUT2D eigenvalue weighted by atomic mass is 19.1. The van der Waals surface area contributed by atoms with Crippen LogP contribution >= 0.6 is 0 Å². The topological polar surface area (TPSA) is 75.4 Å². The average molecular weight is 397 g/mol. The number of likely N-dealkylation sites (tertiary alicyclic amines) is 1. The van der Waals surface area contributed by atoms with Crippen molar-refractivity contribution in [1.82, 2.24) is 10.2 Å². The zero-order valence-corrected chi connectivity index (χ0v) is 16.7. The van der Waals surface area contributed by atoms with E-state index in [1.165, 1.54) is 6.07 Å². The number of nitrogens with one attached hydrogen (secondary N) is 1. The normalized spacial score (nSPS) is 18.3. The predicted molar refractivity (Wildman–Crippen MR) is 111 cm³/mol. The highest BCUT2D eigenvalue weighted by Gasteiger charge is 2.33. The first-order valence-corrected chi connectivity index (χ1v) is 10.1. The van der Waals surface area contributed by atoms with E-state index in [0.29, 0.717) is 24.1 Å². The van der Waals surface area contributed by atoms with Crippen LogP contribution in [0.2, 0.25) is 0 Å². The maximum atomic E-state index is 13.8. The monoisotopic (exact) mass is 397 g/mol. The summed E-state index contributed by atoms with van der Waals surface area (Å²) >= 11 is 0. The third-order valence-electron chi connectivity index (χ3n) is 5.47. The summed E-state index contributed by atoms with van der Waals surface area (Å²) in [4.78, 5) is 27.1. The molecule has 29 heavy (non-hydrogen) atoms. The Morgan fingerprint density at radius 3 is 2.59 bits per heavy atom. The van der Waals surface area contributed by atoms with Gasteiger partial charge in [-0.1, -0.05) is 36.4 Å². The Morgan fingerprint density at radius 2 is 1.86 bits per heavy atom. The van der Waals surface area contributed by atoms with E-state index in [4.69, 9.17) is 5.73 Å². The minimum absolute atomic E-state index is 0.0443. The molecule has 0 spiro atoms. The van der Waals surface area contributed by atoms with Gasteiger partial charge in [0.25, 0.3) is 5.91 Å². The Bertz CT molecular complexity index is 843. The molecule has 3 N–H and O–H groups in total. The zero-order valence-electron chi connectivity index (χ0n) is 16.7. The van der Waals surface area contributed by atoms with Crippen molar-refractivity contribution in [3.63, 3.8) is 0 Å². The number of hydrogen-bond donors (Lipinski definition) is 2. The molecule has 6 heteroatoms. The van der Waals surface area contributed by atoms with Gasteiger partial charge >= 0.3 is 0 Å². The number of rotatable bonds is 7. The fourth-order valence-corrected chi connectivity index (χ4v) is 3.96. The second-order valence-electron chi connectivity index (χ2n) is 7.68. The lowest BCUT2D eigenvalue weighted by atomic mass is 10.0. The summed E-state index contributed by atoms with van der Waals surface area (Å²) in [5.74, 6) is -0.488. The van der Waals surface area contributed by atoms with Gasteiger partial charge < -0.3 is 16.0 Å². The molecule has 0 aromatic heterocycles. The number of carbonyl (C=O) groups excluding carboxylic acids is 2. The Balaban J connectivity index is 1.57. The number of halogens is 1. The molecule has 3 rings (SSSR count). The number of amides is 2. The maximum absolute atomic E-state index is 13.8. The Kier molecular flexibility index (Phi) is 6.99. The molecule has 1 aliphatic heterocycles. The van der Waals surface area contributed by atoms with E-state index in [0.717, 1.165) is 12.8 Å². The SMILES string of the molecule is C[C@@H](NC(=O)c1ccccc1)[C@@H]1CCCN1C(=O)C[C@H](N)Cc1ccccc1F. The Hall–Kier alpha value is -2.73. The lowest BCUT2D eigenvalue weighted by Gasteiger charge is -2.31. The first kappa shape index (κ1) is 21.0. The van der Waals surface area contributed by atoms with Gasteiger partial charge in [-0.25, -0.2) is 4.39 Å². The highest BCUT2D eigenvalue weighted by Crippen LogP contribution is 2.22. The summed E-state index contributed by atoms with van der Waals surface area (Å²) in [6.45, 7) is 2.58. The molecule has 0 aliphatic carbocycles. The van der Waals surface area contributed by atoms with Crippen molar-refractivity contribution in [3.8, 4) is 0 Å². The van der Waals surface area contributed by atoms with E-state index in [2.05, 4.69) is 5.32 Å². The zero-order chi connectivity index (χ0) is 20.8. The predicted octanol–water partition coefficient (Wildman–Crippen LogP) is 2.90. The fraction of sp³-hybridized carbons (Fsp3) is 0.391. The molecule has 0 unspecified atom stereocenters. The number of nitrogens with zero attached hydrogens (tertiary/aromatic N) is 1. The van der Waals surface area contributed by atoms with E-state index in [1.807, 2.05) is 30.0 Å². The van der Waals surface area contributed by atoms with Gasteiger partial charge in [0.2, 0.25) is 5.91 Å². The highest BCUT2D eigenvalue weighted by molar-refractivity contribution is 5.94. The molecular formula is C23H28FN3O2. The van der Waals surface area contributed by atoms with Gasteiger partial charge in [0.15, 0.2) is 0 Å². The Labute approximate surface area is 171 Å². The van der Waals surface area contributed by atoms with Gasteiger partial charge in [-0.3, -0.25) is 9.59 Å². The first-order valence-electron chi connectivity index (χ1n) is 10.1. The minimum Gasteiger partial charge on any atom is -0.348 e. The van der Waals surface area contributed by atoms with Crippen LogP contribution in [0.4, 0.5) is 4.39 Å². The molecule has 0 radical (unpaired) electrons. The van der Waals surface area contributed by atoms with Gasteiger partial charge in [0.1, 0.15) is 5.82 Å². The summed E-state index contributed by atoms with van der Waals surface area (Å²) in [5, 5.41) is 3.01. The second kappa shape index (κ2) is 9.65. The van der Waals surface area contributed by atoms with Crippen molar-refractivity contribution in [2.75, 3.05) is 6.54 Å². The van der Waals surface area contributed by atoms with Gasteiger partial charge in [0.05, 0.1) is 6.04 Å². The molecule has 1 heterocycles. The van der Waals surface area contributed by atoms with Gasteiger partial charge in [-0.05, 0) is 49.9 Å². The number of carbonyl (C=O) groups is 2. The van der Waals surface area contributed by atoms with E-state index < -0.39 is 6.04 Å². The van der Waals surface area contributed by atoms with Crippen molar-refractivity contribution in [3.05, 3.63) is 71.5 Å². The molecule has 1 aliphatic rings. The van der Waals surface area contributed by atoms with Gasteiger partial charge in [0, 0.05) is 30.6 Å². The van der Waals surface area contributed by atoms with Gasteiger partial charge in [-0.2, -0.15) is 0 Å². The van der Waals surface area contributed by atoms with Crippen LogP contribution in [0, 0.1) is 5.82 Å². The number of benzene rings is 2. The number of hydrogen-bond acceptors (Lipinski definition) is 3. The summed E-state index contributed by atoms with van der Waals surface area (Å²) < 4.78 is 13.8. The fourth-order valence-electron chi connectivity index (χ4n) is 3.96. The largest absolute Gasteiger partial charge is 0.348 e. The van der Waals surface area contributed by atoms with Gasteiger partial charge in [-0.15, -0.1) is 0 Å². The molecule has 0 bridgehead atoms. The third-order valence-corrected chi connectivity index (χ3v) is 5.47. The molecule has 1 fully saturated rings. The molecule has 2 aromatic rings. The lowest BCUT2D eigenvalue weighted by molar-refractivity contribution is -0.132. The average Bonchev–Trinajstić information content (AvgIpc) is 3.20. The van der Waals surface area contributed by atoms with E-state index >= 15 is 0 Å². The van der Waals surface area contributed by atoms with Crippen LogP contribution in [0.15, 0.2) is 54.6 Å². The summed E-state index contributed by atoms with van der Waals surface area (Å²) in [5.41, 5.74) is 7.26. The maximum Gasteiger partial charge on any atom is 0.251 e. The molecular weight excluding hydrogens is 369 g/mol. The van der Waals surface area contributed by atoms with Crippen LogP contribution < -0.4 is 11.1 Å². The van der Waals surface area contributed by atoms with E-state index in [9.17, 15) is 14.0 Å². The first-order chi connectivity index (χ1) is 14.0. The second-order valence-corrected chi connectivity index (χ2v) is 7.68. The van der Waals surface area contributed by atoms with E-state index in [1.54, 1.807) is 30.3 Å². The van der Waals surface area contributed by atoms with Crippen LogP contribution in [0.3, 0.4) is 0 Å². The Morgan fingerprint density at radius 1 is 1.17 bits per heavy atom. The van der Waals surface area contributed by atoms with Crippen LogP contribution in [0.1, 0.15) is 42.1 Å². The standard InChI is InChI=1S/C23H28FN3O2/c1-16(26-23(29)17-8-3-2-4-9-17)21-12-7-13-27(21)22(28)15-19(25)14-18-10-5-6-11-20(18)24/h2-6,8-11,16,19,21H,7,12-15,25H2,1H3,(H,26,29)/t16-,19-,21+/m1/s1. The smallest absolute Gasteiger partial charge is 0.251 e.